The van der Waals surface area contributed by atoms with Gasteiger partial charge in [0.15, 0.2) is 0 Å². The van der Waals surface area contributed by atoms with Crippen LogP contribution in [0, 0.1) is 5.82 Å². The van der Waals surface area contributed by atoms with E-state index in [1.165, 1.54) is 6.07 Å². The molecule has 0 aromatic heterocycles. The highest BCUT2D eigenvalue weighted by Gasteiger charge is 2.30. The third kappa shape index (κ3) is 1.85. The summed E-state index contributed by atoms with van der Waals surface area (Å²) in [5.74, 6) is 0.333. The van der Waals surface area contributed by atoms with Gasteiger partial charge in [-0.1, -0.05) is 6.07 Å². The predicted octanol–water partition coefficient (Wildman–Crippen LogP) is 2.50. The van der Waals surface area contributed by atoms with E-state index in [1.807, 2.05) is 0 Å². The van der Waals surface area contributed by atoms with Crippen molar-refractivity contribution in [3.8, 4) is 5.75 Å². The van der Waals surface area contributed by atoms with E-state index < -0.39 is 0 Å². The van der Waals surface area contributed by atoms with Crippen LogP contribution in [0.1, 0.15) is 27.0 Å². The topological polar surface area (TPSA) is 55.6 Å². The van der Waals surface area contributed by atoms with E-state index in [4.69, 9.17) is 10.5 Å². The highest BCUT2D eigenvalue weighted by atomic mass is 19.1. The number of carbonyl (C=O) groups excluding carboxylic acids is 1. The minimum atomic E-state index is -0.291. The molecule has 1 amide bonds. The largest absolute Gasteiger partial charge is 0.493 e. The van der Waals surface area contributed by atoms with Gasteiger partial charge in [-0.15, -0.1) is 0 Å². The fourth-order valence-electron chi connectivity index (χ4n) is 3.22. The third-order valence-electron chi connectivity index (χ3n) is 4.37. The zero-order valence-electron chi connectivity index (χ0n) is 11.9. The van der Waals surface area contributed by atoms with Gasteiger partial charge in [-0.25, -0.2) is 4.39 Å². The Morgan fingerprint density at radius 1 is 1.23 bits per heavy atom. The maximum Gasteiger partial charge on any atom is 0.254 e. The van der Waals surface area contributed by atoms with Gasteiger partial charge in [0.1, 0.15) is 11.6 Å². The van der Waals surface area contributed by atoms with Crippen molar-refractivity contribution in [2.24, 2.45) is 0 Å². The molecule has 2 aromatic rings. The van der Waals surface area contributed by atoms with Crippen molar-refractivity contribution >= 4 is 11.6 Å². The Labute approximate surface area is 127 Å². The number of carbonyl (C=O) groups is 1. The smallest absolute Gasteiger partial charge is 0.254 e. The number of ether oxygens (including phenoxy) is 1. The Morgan fingerprint density at radius 3 is 2.91 bits per heavy atom. The van der Waals surface area contributed by atoms with Crippen LogP contribution in [0.3, 0.4) is 0 Å². The number of fused-ring (bicyclic) bond motifs is 2. The molecule has 0 fully saturated rings. The molecule has 2 aromatic carbocycles. The lowest BCUT2D eigenvalue weighted by molar-refractivity contribution is 0.0765. The number of hydrogen-bond donors (Lipinski definition) is 1. The van der Waals surface area contributed by atoms with Gasteiger partial charge in [0.05, 0.1) is 6.61 Å². The summed E-state index contributed by atoms with van der Waals surface area (Å²) in [4.78, 5) is 14.1. The minimum Gasteiger partial charge on any atom is -0.493 e. The molecule has 0 bridgehead atoms. The van der Waals surface area contributed by atoms with Crippen molar-refractivity contribution in [2.75, 3.05) is 12.3 Å². The number of amides is 1. The molecule has 0 radical (unpaired) electrons. The molecule has 2 N–H and O–H groups in total. The molecule has 0 atom stereocenters. The van der Waals surface area contributed by atoms with E-state index in [0.29, 0.717) is 36.4 Å². The highest BCUT2D eigenvalue weighted by molar-refractivity contribution is 5.99. The van der Waals surface area contributed by atoms with Crippen LogP contribution in [0.4, 0.5) is 10.1 Å². The summed E-state index contributed by atoms with van der Waals surface area (Å²) in [5, 5.41) is 0. The molecule has 2 aliphatic rings. The summed E-state index contributed by atoms with van der Waals surface area (Å²) >= 11 is 0. The Morgan fingerprint density at radius 2 is 2.09 bits per heavy atom. The van der Waals surface area contributed by atoms with Crippen LogP contribution in [-0.2, 0) is 19.5 Å². The molecular formula is C17H15FN2O2. The van der Waals surface area contributed by atoms with E-state index in [9.17, 15) is 9.18 Å². The highest BCUT2D eigenvalue weighted by Crippen LogP contribution is 2.34. The number of nitrogens with two attached hydrogens (primary N) is 1. The molecule has 0 unspecified atom stereocenters. The summed E-state index contributed by atoms with van der Waals surface area (Å²) < 4.78 is 19.7. The lowest BCUT2D eigenvalue weighted by atomic mass is 10.0. The monoisotopic (exact) mass is 298 g/mol. The fourth-order valence-corrected chi connectivity index (χ4v) is 3.22. The van der Waals surface area contributed by atoms with E-state index in [2.05, 4.69) is 0 Å². The number of hydrogen-bond acceptors (Lipinski definition) is 3. The van der Waals surface area contributed by atoms with Crippen molar-refractivity contribution < 1.29 is 13.9 Å². The lowest BCUT2D eigenvalue weighted by Crippen LogP contribution is -2.24. The minimum absolute atomic E-state index is 0.0989. The average molecular weight is 298 g/mol. The third-order valence-corrected chi connectivity index (χ3v) is 4.37. The number of nitrogen functional groups attached to an aromatic ring is 1. The summed E-state index contributed by atoms with van der Waals surface area (Å²) in [7, 11) is 0. The Bertz CT molecular complexity index is 788. The van der Waals surface area contributed by atoms with Gasteiger partial charge in [0.2, 0.25) is 0 Å². The summed E-state index contributed by atoms with van der Waals surface area (Å²) in [6, 6.07) is 8.37. The molecule has 0 aliphatic carbocycles. The molecular weight excluding hydrogens is 283 g/mol. The standard InChI is InChI=1S/C17H15FN2O2/c18-14-4-5-16-10(6-7-22-16)12(14)8-20-9-13-11(17(20)21)2-1-3-15(13)19/h1-5H,6-9,19H2. The average Bonchev–Trinajstić information content (AvgIpc) is 3.09. The SMILES string of the molecule is Nc1cccc2c1CN(Cc1c(F)ccc3c1CCO3)C2=O. The Balaban J connectivity index is 1.68. The molecule has 4 nitrogen and oxygen atoms in total. The number of halogens is 1. The molecule has 0 saturated heterocycles. The van der Waals surface area contributed by atoms with E-state index in [-0.39, 0.29) is 18.3 Å². The van der Waals surface area contributed by atoms with Crippen molar-refractivity contribution in [2.45, 2.75) is 19.5 Å². The lowest BCUT2D eigenvalue weighted by Gasteiger charge is -2.18. The van der Waals surface area contributed by atoms with E-state index in [0.717, 1.165) is 16.9 Å². The van der Waals surface area contributed by atoms with Crippen LogP contribution >= 0.6 is 0 Å². The second-order valence-electron chi connectivity index (χ2n) is 5.64. The van der Waals surface area contributed by atoms with Crippen LogP contribution in [0.2, 0.25) is 0 Å². The van der Waals surface area contributed by atoms with Crippen LogP contribution in [0.5, 0.6) is 5.75 Å². The fraction of sp³-hybridized carbons (Fsp3) is 0.235. The first-order valence-electron chi connectivity index (χ1n) is 7.25. The first-order valence-corrected chi connectivity index (χ1v) is 7.25. The Kier molecular flexibility index (Phi) is 2.82. The van der Waals surface area contributed by atoms with Gasteiger partial charge in [-0.3, -0.25) is 4.79 Å². The first kappa shape index (κ1) is 13.1. The van der Waals surface area contributed by atoms with Crippen molar-refractivity contribution in [1.82, 2.24) is 4.90 Å². The zero-order valence-corrected chi connectivity index (χ0v) is 11.9. The Hall–Kier alpha value is -2.56. The second-order valence-corrected chi connectivity index (χ2v) is 5.64. The van der Waals surface area contributed by atoms with Crippen molar-refractivity contribution in [3.05, 3.63) is 58.4 Å². The van der Waals surface area contributed by atoms with Gasteiger partial charge in [-0.2, -0.15) is 0 Å². The maximum atomic E-state index is 14.2. The van der Waals surface area contributed by atoms with Crippen molar-refractivity contribution in [3.63, 3.8) is 0 Å². The molecule has 2 aliphatic heterocycles. The van der Waals surface area contributed by atoms with Gasteiger partial charge in [0.25, 0.3) is 5.91 Å². The van der Waals surface area contributed by atoms with E-state index >= 15 is 0 Å². The number of anilines is 1. The number of rotatable bonds is 2. The second kappa shape index (κ2) is 4.73. The molecule has 22 heavy (non-hydrogen) atoms. The summed E-state index contributed by atoms with van der Waals surface area (Å²) in [5.41, 5.74) is 9.41. The van der Waals surface area contributed by atoms with Gasteiger partial charge >= 0.3 is 0 Å². The predicted molar refractivity (Wildman–Crippen MR) is 80.0 cm³/mol. The first-order chi connectivity index (χ1) is 10.6. The molecule has 112 valence electrons. The summed E-state index contributed by atoms with van der Waals surface area (Å²) in [6.07, 6.45) is 0.680. The number of nitrogens with zero attached hydrogens (tertiary/aromatic N) is 1. The maximum absolute atomic E-state index is 14.2. The van der Waals surface area contributed by atoms with Crippen LogP contribution < -0.4 is 10.5 Å². The molecule has 4 rings (SSSR count). The van der Waals surface area contributed by atoms with Crippen LogP contribution in [0.15, 0.2) is 30.3 Å². The zero-order chi connectivity index (χ0) is 15.3. The van der Waals surface area contributed by atoms with Gasteiger partial charge in [-0.05, 0) is 24.3 Å². The van der Waals surface area contributed by atoms with Crippen molar-refractivity contribution in [1.29, 1.82) is 0 Å². The summed E-state index contributed by atoms with van der Waals surface area (Å²) in [6.45, 7) is 1.23. The van der Waals surface area contributed by atoms with Crippen LogP contribution in [-0.4, -0.2) is 17.4 Å². The van der Waals surface area contributed by atoms with Crippen LogP contribution in [0.25, 0.3) is 0 Å². The number of benzene rings is 2. The van der Waals surface area contributed by atoms with E-state index in [1.54, 1.807) is 29.2 Å². The normalized spacial score (nSPS) is 15.7. The molecule has 0 saturated carbocycles. The van der Waals surface area contributed by atoms with Gasteiger partial charge < -0.3 is 15.4 Å². The van der Waals surface area contributed by atoms with Gasteiger partial charge in [0, 0.05) is 47.5 Å². The quantitative estimate of drug-likeness (QED) is 0.867. The molecule has 0 spiro atoms. The molecule has 5 heteroatoms. The molecule has 2 heterocycles.